The minimum atomic E-state index is -0.994. The summed E-state index contributed by atoms with van der Waals surface area (Å²) in [4.78, 5) is 11.9. The summed E-state index contributed by atoms with van der Waals surface area (Å²) in [7, 11) is 0. The summed E-state index contributed by atoms with van der Waals surface area (Å²) < 4.78 is 0. The van der Waals surface area contributed by atoms with Gasteiger partial charge >= 0.3 is 5.97 Å². The summed E-state index contributed by atoms with van der Waals surface area (Å²) in [5, 5.41) is 9.73. The Morgan fingerprint density at radius 1 is 0.625 bits per heavy atom. The van der Waals surface area contributed by atoms with E-state index < -0.39 is 11.4 Å². The smallest absolute Gasteiger partial charge is 0.335 e. The van der Waals surface area contributed by atoms with Crippen molar-refractivity contribution in [2.45, 2.75) is 5.41 Å². The second kappa shape index (κ2) is 6.78. The van der Waals surface area contributed by atoms with Crippen molar-refractivity contribution in [1.82, 2.24) is 0 Å². The van der Waals surface area contributed by atoms with E-state index in [2.05, 4.69) is 6.07 Å². The summed E-state index contributed by atoms with van der Waals surface area (Å²) in [5.41, 5.74) is 31.3. The summed E-state index contributed by atoms with van der Waals surface area (Å²) in [5.74, 6) is -0.994. The molecule has 0 radical (unpaired) electrons. The van der Waals surface area contributed by atoms with Crippen molar-refractivity contribution in [1.29, 1.82) is 0 Å². The van der Waals surface area contributed by atoms with Crippen molar-refractivity contribution in [3.63, 3.8) is 0 Å². The van der Waals surface area contributed by atoms with Crippen LogP contribution in [-0.2, 0) is 5.41 Å². The van der Waals surface area contributed by atoms with E-state index in [0.29, 0.717) is 22.7 Å². The van der Waals surface area contributed by atoms with E-state index >= 15 is 0 Å². The first kappa shape index (κ1) is 19.5. The Hall–Kier alpha value is -4.45. The molecular formula is C26H22N4O2. The minimum absolute atomic E-state index is 0.202. The molecule has 0 fully saturated rings. The number of nitrogens with two attached hydrogens (primary N) is 4. The van der Waals surface area contributed by atoms with Gasteiger partial charge in [0.15, 0.2) is 0 Å². The molecule has 0 bridgehead atoms. The number of hydrogen-bond acceptors (Lipinski definition) is 5. The highest BCUT2D eigenvalue weighted by Gasteiger charge is 2.46. The summed E-state index contributed by atoms with van der Waals surface area (Å²) in [6.45, 7) is 0. The molecule has 0 saturated heterocycles. The molecule has 158 valence electrons. The van der Waals surface area contributed by atoms with Crippen molar-refractivity contribution in [3.8, 4) is 11.1 Å². The lowest BCUT2D eigenvalue weighted by Gasteiger charge is -2.34. The van der Waals surface area contributed by atoms with Gasteiger partial charge in [-0.3, -0.25) is 0 Å². The third-order valence-corrected chi connectivity index (χ3v) is 6.33. The van der Waals surface area contributed by atoms with Crippen LogP contribution in [0.1, 0.15) is 32.6 Å². The third-order valence-electron chi connectivity index (χ3n) is 6.33. The van der Waals surface area contributed by atoms with Gasteiger partial charge in [-0.2, -0.15) is 0 Å². The number of carboxylic acids is 1. The van der Waals surface area contributed by atoms with Crippen LogP contribution in [0.25, 0.3) is 11.1 Å². The van der Waals surface area contributed by atoms with Gasteiger partial charge < -0.3 is 28.0 Å². The zero-order valence-electron chi connectivity index (χ0n) is 17.2. The van der Waals surface area contributed by atoms with Crippen LogP contribution in [0.4, 0.5) is 22.7 Å². The van der Waals surface area contributed by atoms with Gasteiger partial charge in [-0.15, -0.1) is 0 Å². The highest BCUT2D eigenvalue weighted by atomic mass is 16.4. The Morgan fingerprint density at radius 3 is 1.75 bits per heavy atom. The van der Waals surface area contributed by atoms with Crippen molar-refractivity contribution in [2.75, 3.05) is 22.9 Å². The Kier molecular flexibility index (Phi) is 4.14. The van der Waals surface area contributed by atoms with Crippen molar-refractivity contribution in [3.05, 3.63) is 107 Å². The van der Waals surface area contributed by atoms with Crippen LogP contribution >= 0.6 is 0 Å². The van der Waals surface area contributed by atoms with Gasteiger partial charge in [0, 0.05) is 0 Å². The molecule has 5 rings (SSSR count). The Bertz CT molecular complexity index is 1360. The maximum absolute atomic E-state index is 11.9. The number of carbonyl (C=O) groups is 1. The van der Waals surface area contributed by atoms with Crippen LogP contribution < -0.4 is 22.9 Å². The lowest BCUT2D eigenvalue weighted by molar-refractivity contribution is 0.0696. The first-order valence-corrected chi connectivity index (χ1v) is 10.1. The maximum Gasteiger partial charge on any atom is 0.335 e. The van der Waals surface area contributed by atoms with Crippen molar-refractivity contribution < 1.29 is 9.90 Å². The number of rotatable bonds is 3. The van der Waals surface area contributed by atoms with Crippen LogP contribution in [0.3, 0.4) is 0 Å². The summed E-state index contributed by atoms with van der Waals surface area (Å²) in [6, 6.07) is 24.4. The van der Waals surface area contributed by atoms with E-state index in [4.69, 9.17) is 22.9 Å². The quantitative estimate of drug-likeness (QED) is 0.277. The average molecular weight is 422 g/mol. The average Bonchev–Trinajstić information content (AvgIpc) is 3.08. The molecule has 0 aliphatic heterocycles. The van der Waals surface area contributed by atoms with Crippen molar-refractivity contribution >= 4 is 28.7 Å². The van der Waals surface area contributed by atoms with Gasteiger partial charge in [0.05, 0.1) is 33.7 Å². The van der Waals surface area contributed by atoms with Gasteiger partial charge in [-0.1, -0.05) is 42.5 Å². The fourth-order valence-electron chi connectivity index (χ4n) is 4.82. The standard InChI is InChI=1S/C26H22N4O2/c27-21-9-6-15(12-23(21)29)26(16-7-10-22(28)24(30)13-16)19-4-2-1-3-17(19)18-8-5-14(25(31)32)11-20(18)26/h1-13H,27-30H2,(H,31,32). The number of nitrogen functional groups attached to an aromatic ring is 4. The van der Waals surface area contributed by atoms with E-state index in [-0.39, 0.29) is 5.56 Å². The molecule has 0 aromatic heterocycles. The fraction of sp³-hybridized carbons (Fsp3) is 0.0385. The molecule has 4 aromatic rings. The van der Waals surface area contributed by atoms with E-state index in [0.717, 1.165) is 33.4 Å². The largest absolute Gasteiger partial charge is 0.478 e. The van der Waals surface area contributed by atoms with Gasteiger partial charge in [-0.25, -0.2) is 4.79 Å². The SMILES string of the molecule is Nc1ccc(C2(c3ccc(N)c(N)c3)c3ccccc3-c3ccc(C(=O)O)cc32)cc1N. The second-order valence-electron chi connectivity index (χ2n) is 8.05. The molecule has 0 amide bonds. The molecule has 9 N–H and O–H groups in total. The normalized spacial score (nSPS) is 13.4. The lowest BCUT2D eigenvalue weighted by atomic mass is 9.67. The Balaban J connectivity index is 1.98. The van der Waals surface area contributed by atoms with E-state index in [1.54, 1.807) is 24.3 Å². The van der Waals surface area contributed by atoms with Crippen molar-refractivity contribution in [2.24, 2.45) is 0 Å². The van der Waals surface area contributed by atoms with Crippen LogP contribution in [0, 0.1) is 0 Å². The zero-order valence-corrected chi connectivity index (χ0v) is 17.2. The first-order valence-electron chi connectivity index (χ1n) is 10.1. The molecule has 1 aliphatic rings. The molecule has 32 heavy (non-hydrogen) atoms. The predicted octanol–water partition coefficient (Wildman–Crippen LogP) is 4.08. The number of fused-ring (bicyclic) bond motifs is 3. The molecular weight excluding hydrogens is 400 g/mol. The van der Waals surface area contributed by atoms with E-state index in [1.165, 1.54) is 0 Å². The van der Waals surface area contributed by atoms with Crippen LogP contribution in [0.15, 0.2) is 78.9 Å². The number of hydrogen-bond donors (Lipinski definition) is 5. The fourth-order valence-corrected chi connectivity index (χ4v) is 4.82. The molecule has 4 aromatic carbocycles. The number of anilines is 4. The molecule has 6 heteroatoms. The Labute approximate surface area is 185 Å². The van der Waals surface area contributed by atoms with Gasteiger partial charge in [0.25, 0.3) is 0 Å². The van der Waals surface area contributed by atoms with Crippen LogP contribution in [0.2, 0.25) is 0 Å². The van der Waals surface area contributed by atoms with Gasteiger partial charge in [0.1, 0.15) is 0 Å². The van der Waals surface area contributed by atoms with Gasteiger partial charge in [0.2, 0.25) is 0 Å². The molecule has 0 atom stereocenters. The molecule has 0 unspecified atom stereocenters. The summed E-state index contributed by atoms with van der Waals surface area (Å²) in [6.07, 6.45) is 0. The molecule has 0 saturated carbocycles. The Morgan fingerprint density at radius 2 is 1.19 bits per heavy atom. The highest BCUT2D eigenvalue weighted by molar-refractivity contribution is 5.93. The topological polar surface area (TPSA) is 141 Å². The highest BCUT2D eigenvalue weighted by Crippen LogP contribution is 2.57. The number of aromatic carboxylic acids is 1. The first-order chi connectivity index (χ1) is 15.3. The van der Waals surface area contributed by atoms with Gasteiger partial charge in [-0.05, 0) is 69.8 Å². The lowest BCUT2D eigenvalue weighted by Crippen LogP contribution is -2.29. The second-order valence-corrected chi connectivity index (χ2v) is 8.05. The molecule has 1 aliphatic carbocycles. The molecule has 0 spiro atoms. The molecule has 6 nitrogen and oxygen atoms in total. The minimum Gasteiger partial charge on any atom is -0.478 e. The van der Waals surface area contributed by atoms with Crippen LogP contribution in [-0.4, -0.2) is 11.1 Å². The van der Waals surface area contributed by atoms with Crippen LogP contribution in [0.5, 0.6) is 0 Å². The van der Waals surface area contributed by atoms with E-state index in [9.17, 15) is 9.90 Å². The monoisotopic (exact) mass is 422 g/mol. The van der Waals surface area contributed by atoms with E-state index in [1.807, 2.05) is 48.5 Å². The zero-order chi connectivity index (χ0) is 22.6. The summed E-state index contributed by atoms with van der Waals surface area (Å²) >= 11 is 0. The third kappa shape index (κ3) is 2.56. The number of carboxylic acid groups (broad SMARTS) is 1. The molecule has 0 heterocycles. The predicted molar refractivity (Wildman–Crippen MR) is 128 cm³/mol. The number of benzene rings is 4. The maximum atomic E-state index is 11.9.